The fourth-order valence-corrected chi connectivity index (χ4v) is 1.09. The lowest BCUT2D eigenvalue weighted by Gasteiger charge is -2.30. The third-order valence-corrected chi connectivity index (χ3v) is 1.88. The summed E-state index contributed by atoms with van der Waals surface area (Å²) in [6.07, 6.45) is 0.752. The topological polar surface area (TPSA) is 32.3 Å². The van der Waals surface area contributed by atoms with Gasteiger partial charge in [0.15, 0.2) is 0 Å². The lowest BCUT2D eigenvalue weighted by molar-refractivity contribution is -0.139. The molecule has 1 N–H and O–H groups in total. The zero-order valence-electron chi connectivity index (χ0n) is 7.26. The van der Waals surface area contributed by atoms with E-state index in [4.69, 9.17) is 0 Å². The molecule has 0 unspecified atom stereocenters. The molecule has 1 aliphatic rings. The van der Waals surface area contributed by atoms with E-state index in [1.54, 1.807) is 0 Å². The second kappa shape index (κ2) is 3.72. The van der Waals surface area contributed by atoms with Crippen LogP contribution in [0.4, 0.5) is 0 Å². The Kier molecular flexibility index (Phi) is 2.88. The summed E-state index contributed by atoms with van der Waals surface area (Å²) in [4.78, 5) is 12.7. The SMILES string of the molecule is CC(C)NCCN1CCC1=O.[HH]. The zero-order chi connectivity index (χ0) is 8.27. The normalized spacial score (nSPS) is 17.4. The van der Waals surface area contributed by atoms with Crippen LogP contribution in [0.15, 0.2) is 0 Å². The third kappa shape index (κ3) is 2.50. The number of likely N-dealkylation sites (tertiary alicyclic amines) is 1. The van der Waals surface area contributed by atoms with Gasteiger partial charge in [0.1, 0.15) is 0 Å². The van der Waals surface area contributed by atoms with Gasteiger partial charge in [-0.25, -0.2) is 0 Å². The number of carbonyl (C=O) groups excluding carboxylic acids is 1. The van der Waals surface area contributed by atoms with Crippen molar-refractivity contribution < 1.29 is 6.22 Å². The van der Waals surface area contributed by atoms with E-state index in [2.05, 4.69) is 19.2 Å². The minimum atomic E-state index is 0. The highest BCUT2D eigenvalue weighted by atomic mass is 16.2. The first kappa shape index (κ1) is 8.53. The molecule has 0 radical (unpaired) electrons. The molecule has 0 atom stereocenters. The van der Waals surface area contributed by atoms with E-state index < -0.39 is 0 Å². The maximum absolute atomic E-state index is 10.8. The summed E-state index contributed by atoms with van der Waals surface area (Å²) in [5.41, 5.74) is 0. The molecular formula is C8H18N2O. The summed E-state index contributed by atoms with van der Waals surface area (Å²) in [6, 6.07) is 0.520. The Hall–Kier alpha value is -0.570. The van der Waals surface area contributed by atoms with Crippen molar-refractivity contribution in [3.63, 3.8) is 0 Å². The number of nitrogens with one attached hydrogen (secondary N) is 1. The Morgan fingerprint density at radius 1 is 1.73 bits per heavy atom. The van der Waals surface area contributed by atoms with Crippen molar-refractivity contribution in [2.45, 2.75) is 26.3 Å². The summed E-state index contributed by atoms with van der Waals surface area (Å²) in [6.45, 7) is 6.97. The van der Waals surface area contributed by atoms with Gasteiger partial charge in [-0.3, -0.25) is 4.79 Å². The lowest BCUT2D eigenvalue weighted by Crippen LogP contribution is -2.47. The fourth-order valence-electron chi connectivity index (χ4n) is 1.09. The van der Waals surface area contributed by atoms with Crippen LogP contribution in [-0.4, -0.2) is 36.5 Å². The molecule has 0 aromatic heterocycles. The summed E-state index contributed by atoms with van der Waals surface area (Å²) in [5.74, 6) is 0.301. The highest BCUT2D eigenvalue weighted by Crippen LogP contribution is 2.06. The Bertz CT molecular complexity index is 150. The molecule has 1 rings (SSSR count). The van der Waals surface area contributed by atoms with Crippen LogP contribution in [0.3, 0.4) is 0 Å². The largest absolute Gasteiger partial charge is 0.341 e. The van der Waals surface area contributed by atoms with Crippen molar-refractivity contribution in [3.8, 4) is 0 Å². The van der Waals surface area contributed by atoms with E-state index in [9.17, 15) is 4.79 Å². The van der Waals surface area contributed by atoms with Crippen LogP contribution in [0.25, 0.3) is 0 Å². The summed E-state index contributed by atoms with van der Waals surface area (Å²) >= 11 is 0. The van der Waals surface area contributed by atoms with Gasteiger partial charge in [0.2, 0.25) is 5.91 Å². The van der Waals surface area contributed by atoms with Crippen LogP contribution >= 0.6 is 0 Å². The predicted molar refractivity (Wildman–Crippen MR) is 46.4 cm³/mol. The molecule has 0 aliphatic carbocycles. The van der Waals surface area contributed by atoms with Crippen molar-refractivity contribution in [2.75, 3.05) is 19.6 Å². The van der Waals surface area contributed by atoms with Crippen molar-refractivity contribution in [1.29, 1.82) is 0 Å². The van der Waals surface area contributed by atoms with Gasteiger partial charge in [-0.2, -0.15) is 0 Å². The number of amides is 1. The summed E-state index contributed by atoms with van der Waals surface area (Å²) < 4.78 is 0. The molecule has 1 saturated heterocycles. The van der Waals surface area contributed by atoms with Gasteiger partial charge in [-0.15, -0.1) is 0 Å². The molecule has 3 heteroatoms. The van der Waals surface area contributed by atoms with Crippen molar-refractivity contribution in [3.05, 3.63) is 0 Å². The molecule has 0 aromatic rings. The first-order chi connectivity index (χ1) is 5.20. The monoisotopic (exact) mass is 158 g/mol. The van der Waals surface area contributed by atoms with E-state index in [1.807, 2.05) is 4.90 Å². The average molecular weight is 158 g/mol. The maximum atomic E-state index is 10.8. The Morgan fingerprint density at radius 3 is 2.82 bits per heavy atom. The van der Waals surface area contributed by atoms with Crippen LogP contribution in [0.2, 0.25) is 0 Å². The first-order valence-corrected chi connectivity index (χ1v) is 4.21. The number of rotatable bonds is 4. The minimum Gasteiger partial charge on any atom is -0.341 e. The van der Waals surface area contributed by atoms with Crippen molar-refractivity contribution in [2.24, 2.45) is 0 Å². The second-order valence-electron chi connectivity index (χ2n) is 3.24. The molecule has 1 amide bonds. The molecule has 0 spiro atoms. The highest BCUT2D eigenvalue weighted by Gasteiger charge is 2.22. The van der Waals surface area contributed by atoms with Crippen LogP contribution in [0, 0.1) is 0 Å². The van der Waals surface area contributed by atoms with E-state index in [1.165, 1.54) is 0 Å². The van der Waals surface area contributed by atoms with Gasteiger partial charge in [0, 0.05) is 33.5 Å². The van der Waals surface area contributed by atoms with Crippen LogP contribution < -0.4 is 5.32 Å². The van der Waals surface area contributed by atoms with E-state index in [-0.39, 0.29) is 1.43 Å². The highest BCUT2D eigenvalue weighted by molar-refractivity contribution is 5.81. The molecule has 1 aliphatic heterocycles. The van der Waals surface area contributed by atoms with Gasteiger partial charge in [-0.1, -0.05) is 13.8 Å². The van der Waals surface area contributed by atoms with Crippen LogP contribution in [-0.2, 0) is 4.79 Å². The van der Waals surface area contributed by atoms with Crippen LogP contribution in [0.1, 0.15) is 21.7 Å². The van der Waals surface area contributed by atoms with Crippen molar-refractivity contribution >= 4 is 5.91 Å². The Labute approximate surface area is 69.2 Å². The molecule has 0 bridgehead atoms. The van der Waals surface area contributed by atoms with Gasteiger partial charge in [0.25, 0.3) is 0 Å². The molecule has 1 fully saturated rings. The van der Waals surface area contributed by atoms with Gasteiger partial charge in [0.05, 0.1) is 0 Å². The fraction of sp³-hybridized carbons (Fsp3) is 0.875. The number of carbonyl (C=O) groups is 1. The number of nitrogens with zero attached hydrogens (tertiary/aromatic N) is 1. The molecule has 1 heterocycles. The minimum absolute atomic E-state index is 0. The molecule has 0 saturated carbocycles. The van der Waals surface area contributed by atoms with E-state index >= 15 is 0 Å². The maximum Gasteiger partial charge on any atom is 0.224 e. The number of hydrogen-bond donors (Lipinski definition) is 1. The zero-order valence-corrected chi connectivity index (χ0v) is 7.26. The molecule has 11 heavy (non-hydrogen) atoms. The van der Waals surface area contributed by atoms with Gasteiger partial charge < -0.3 is 10.2 Å². The molecule has 0 aromatic carbocycles. The van der Waals surface area contributed by atoms with Crippen LogP contribution in [0.5, 0.6) is 0 Å². The average Bonchev–Trinajstić information content (AvgIpc) is 1.94. The quantitative estimate of drug-likeness (QED) is 0.603. The second-order valence-corrected chi connectivity index (χ2v) is 3.24. The summed E-state index contributed by atoms with van der Waals surface area (Å²) in [7, 11) is 0. The Morgan fingerprint density at radius 2 is 2.45 bits per heavy atom. The number of hydrogen-bond acceptors (Lipinski definition) is 2. The molecular weight excluding hydrogens is 140 g/mol. The van der Waals surface area contributed by atoms with E-state index in [0.717, 1.165) is 26.1 Å². The predicted octanol–water partition coefficient (Wildman–Crippen LogP) is 0.463. The van der Waals surface area contributed by atoms with Crippen molar-refractivity contribution in [1.82, 2.24) is 10.2 Å². The van der Waals surface area contributed by atoms with E-state index in [0.29, 0.717) is 11.9 Å². The van der Waals surface area contributed by atoms with Gasteiger partial charge in [-0.05, 0) is 0 Å². The summed E-state index contributed by atoms with van der Waals surface area (Å²) in [5, 5.41) is 3.27. The lowest BCUT2D eigenvalue weighted by atomic mass is 10.2. The first-order valence-electron chi connectivity index (χ1n) is 4.21. The van der Waals surface area contributed by atoms with Gasteiger partial charge >= 0.3 is 0 Å². The third-order valence-electron chi connectivity index (χ3n) is 1.88. The molecule has 66 valence electrons. The smallest absolute Gasteiger partial charge is 0.224 e. The Balaban J connectivity index is 0.00000121. The number of β-lactam (4-membered cyclic amide) rings is 1. The molecule has 3 nitrogen and oxygen atoms in total. The standard InChI is InChI=1S/C8H16N2O.H2/c1-7(2)9-4-6-10-5-3-8(10)11;/h7,9H,3-6H2,1-2H3;1H.